The van der Waals surface area contributed by atoms with Crippen LogP contribution >= 0.6 is 0 Å². The van der Waals surface area contributed by atoms with E-state index in [4.69, 9.17) is 0 Å². The van der Waals surface area contributed by atoms with Crippen LogP contribution in [0.25, 0.3) is 0 Å². The number of hydrogen-bond acceptors (Lipinski definition) is 2. The zero-order valence-electron chi connectivity index (χ0n) is 12.0. The normalized spacial score (nSPS) is 24.6. The molecular formula is C16H25FN2. The van der Waals surface area contributed by atoms with E-state index in [9.17, 15) is 4.39 Å². The summed E-state index contributed by atoms with van der Waals surface area (Å²) in [4.78, 5) is 2.50. The molecule has 1 aromatic carbocycles. The Bertz CT molecular complexity index is 394. The summed E-state index contributed by atoms with van der Waals surface area (Å²) in [5.74, 6) is 0.590. The van der Waals surface area contributed by atoms with Gasteiger partial charge in [0.2, 0.25) is 0 Å². The summed E-state index contributed by atoms with van der Waals surface area (Å²) in [6.07, 6.45) is 1.97. The smallest absolute Gasteiger partial charge is 0.126 e. The second-order valence-corrected chi connectivity index (χ2v) is 5.56. The van der Waals surface area contributed by atoms with E-state index in [1.807, 2.05) is 12.1 Å². The maximum Gasteiger partial charge on any atom is 0.126 e. The van der Waals surface area contributed by atoms with Crippen LogP contribution in [0.1, 0.15) is 25.8 Å². The average molecular weight is 264 g/mol. The highest BCUT2D eigenvalue weighted by atomic mass is 19.1. The molecule has 0 saturated carbocycles. The Kier molecular flexibility index (Phi) is 5.34. The van der Waals surface area contributed by atoms with Crippen LogP contribution in [-0.4, -0.2) is 37.1 Å². The molecule has 19 heavy (non-hydrogen) atoms. The molecule has 0 amide bonds. The van der Waals surface area contributed by atoms with Gasteiger partial charge in [-0.25, -0.2) is 4.39 Å². The van der Waals surface area contributed by atoms with Gasteiger partial charge >= 0.3 is 0 Å². The predicted octanol–water partition coefficient (Wildman–Crippen LogP) is 2.69. The molecule has 0 aromatic heterocycles. The number of halogens is 1. The fraction of sp³-hybridized carbons (Fsp3) is 0.625. The first-order valence-electron chi connectivity index (χ1n) is 7.40. The summed E-state index contributed by atoms with van der Waals surface area (Å²) in [6, 6.07) is 7.64. The van der Waals surface area contributed by atoms with E-state index >= 15 is 0 Å². The zero-order valence-corrected chi connectivity index (χ0v) is 12.0. The van der Waals surface area contributed by atoms with Gasteiger partial charge in [-0.05, 0) is 50.0 Å². The highest BCUT2D eigenvalue weighted by molar-refractivity contribution is 5.17. The van der Waals surface area contributed by atoms with Gasteiger partial charge < -0.3 is 10.2 Å². The van der Waals surface area contributed by atoms with Crippen molar-refractivity contribution in [1.82, 2.24) is 10.2 Å². The van der Waals surface area contributed by atoms with Crippen LogP contribution in [0.5, 0.6) is 0 Å². The van der Waals surface area contributed by atoms with Gasteiger partial charge in [0.15, 0.2) is 0 Å². The van der Waals surface area contributed by atoms with Gasteiger partial charge in [-0.2, -0.15) is 0 Å². The molecule has 3 heteroatoms. The van der Waals surface area contributed by atoms with E-state index in [-0.39, 0.29) is 5.82 Å². The van der Waals surface area contributed by atoms with Gasteiger partial charge in [0.05, 0.1) is 0 Å². The van der Waals surface area contributed by atoms with Gasteiger partial charge in [0.25, 0.3) is 0 Å². The van der Waals surface area contributed by atoms with Crippen molar-refractivity contribution in [2.24, 2.45) is 5.92 Å². The first kappa shape index (κ1) is 14.5. The lowest BCUT2D eigenvalue weighted by molar-refractivity contribution is 0.154. The van der Waals surface area contributed by atoms with Crippen LogP contribution in [-0.2, 0) is 6.42 Å². The third-order valence-electron chi connectivity index (χ3n) is 4.20. The van der Waals surface area contributed by atoms with Gasteiger partial charge in [-0.3, -0.25) is 0 Å². The Morgan fingerprint density at radius 1 is 1.37 bits per heavy atom. The van der Waals surface area contributed by atoms with E-state index in [1.54, 1.807) is 6.07 Å². The second kappa shape index (κ2) is 7.01. The average Bonchev–Trinajstić information content (AvgIpc) is 2.42. The lowest BCUT2D eigenvalue weighted by Crippen LogP contribution is -2.48. The summed E-state index contributed by atoms with van der Waals surface area (Å²) in [7, 11) is 0. The van der Waals surface area contributed by atoms with Crippen molar-refractivity contribution in [3.63, 3.8) is 0 Å². The Labute approximate surface area is 116 Å². The fourth-order valence-electron chi connectivity index (χ4n) is 2.92. The van der Waals surface area contributed by atoms with Crippen LogP contribution in [0.2, 0.25) is 0 Å². The second-order valence-electron chi connectivity index (χ2n) is 5.56. The van der Waals surface area contributed by atoms with Crippen molar-refractivity contribution in [1.29, 1.82) is 0 Å². The van der Waals surface area contributed by atoms with Gasteiger partial charge in [-0.1, -0.05) is 32.0 Å². The molecule has 1 N–H and O–H groups in total. The molecule has 2 unspecified atom stereocenters. The van der Waals surface area contributed by atoms with Crippen molar-refractivity contribution in [3.8, 4) is 0 Å². The van der Waals surface area contributed by atoms with E-state index < -0.39 is 0 Å². The first-order valence-corrected chi connectivity index (χ1v) is 7.40. The maximum absolute atomic E-state index is 13.5. The van der Waals surface area contributed by atoms with Crippen LogP contribution in [0, 0.1) is 11.7 Å². The van der Waals surface area contributed by atoms with Crippen molar-refractivity contribution < 1.29 is 4.39 Å². The van der Waals surface area contributed by atoms with E-state index in [0.29, 0.717) is 12.0 Å². The molecule has 0 aliphatic carbocycles. The monoisotopic (exact) mass is 264 g/mol. The third-order valence-corrected chi connectivity index (χ3v) is 4.20. The van der Waals surface area contributed by atoms with Crippen LogP contribution in [0.15, 0.2) is 24.3 Å². The third kappa shape index (κ3) is 4.02. The molecule has 1 aliphatic heterocycles. The number of nitrogens with zero attached hydrogens (tertiary/aromatic N) is 1. The van der Waals surface area contributed by atoms with Crippen molar-refractivity contribution in [2.45, 2.75) is 32.7 Å². The lowest BCUT2D eigenvalue weighted by Gasteiger charge is -2.37. The molecule has 0 radical (unpaired) electrons. The zero-order chi connectivity index (χ0) is 13.7. The minimum absolute atomic E-state index is 0.0850. The van der Waals surface area contributed by atoms with Crippen LogP contribution in [0.4, 0.5) is 4.39 Å². The molecule has 0 bridgehead atoms. The number of rotatable bonds is 5. The Hall–Kier alpha value is -0.930. The summed E-state index contributed by atoms with van der Waals surface area (Å²) in [6.45, 7) is 8.89. The quantitative estimate of drug-likeness (QED) is 0.879. The summed E-state index contributed by atoms with van der Waals surface area (Å²) in [5.41, 5.74) is 0.814. The Morgan fingerprint density at radius 2 is 2.16 bits per heavy atom. The number of likely N-dealkylation sites (tertiary alicyclic amines) is 1. The van der Waals surface area contributed by atoms with Crippen LogP contribution in [0.3, 0.4) is 0 Å². The molecule has 2 nitrogen and oxygen atoms in total. The minimum Gasteiger partial charge on any atom is -0.313 e. The summed E-state index contributed by atoms with van der Waals surface area (Å²) >= 11 is 0. The lowest BCUT2D eigenvalue weighted by atomic mass is 9.93. The Balaban J connectivity index is 1.76. The molecule has 1 saturated heterocycles. The SMILES string of the molecule is CCN1CCC(NCCc2ccccc2F)C(C)C1. The van der Waals surface area contributed by atoms with Crippen molar-refractivity contribution in [3.05, 3.63) is 35.6 Å². The highest BCUT2D eigenvalue weighted by Gasteiger charge is 2.24. The number of benzene rings is 1. The van der Waals surface area contributed by atoms with E-state index in [2.05, 4.69) is 24.1 Å². The highest BCUT2D eigenvalue weighted by Crippen LogP contribution is 2.16. The summed E-state index contributed by atoms with van der Waals surface area (Å²) in [5, 5.41) is 3.60. The topological polar surface area (TPSA) is 15.3 Å². The minimum atomic E-state index is -0.0850. The molecule has 1 aromatic rings. The summed E-state index contributed by atoms with van der Waals surface area (Å²) < 4.78 is 13.5. The molecular weight excluding hydrogens is 239 g/mol. The first-order chi connectivity index (χ1) is 9.20. The van der Waals surface area contributed by atoms with Crippen molar-refractivity contribution in [2.75, 3.05) is 26.2 Å². The fourth-order valence-corrected chi connectivity index (χ4v) is 2.92. The molecule has 2 atom stereocenters. The maximum atomic E-state index is 13.5. The number of nitrogens with one attached hydrogen (secondary N) is 1. The molecule has 2 rings (SSSR count). The predicted molar refractivity (Wildman–Crippen MR) is 77.8 cm³/mol. The molecule has 106 valence electrons. The van der Waals surface area contributed by atoms with Gasteiger partial charge in [-0.15, -0.1) is 0 Å². The molecule has 0 spiro atoms. The largest absolute Gasteiger partial charge is 0.313 e. The van der Waals surface area contributed by atoms with Crippen molar-refractivity contribution >= 4 is 0 Å². The van der Waals surface area contributed by atoms with E-state index in [0.717, 1.165) is 25.1 Å². The van der Waals surface area contributed by atoms with Crippen LogP contribution < -0.4 is 5.32 Å². The van der Waals surface area contributed by atoms with Gasteiger partial charge in [0, 0.05) is 12.6 Å². The molecule has 1 heterocycles. The van der Waals surface area contributed by atoms with E-state index in [1.165, 1.54) is 25.6 Å². The van der Waals surface area contributed by atoms with Gasteiger partial charge in [0.1, 0.15) is 5.82 Å². The number of hydrogen-bond donors (Lipinski definition) is 1. The Morgan fingerprint density at radius 3 is 2.84 bits per heavy atom. The standard InChI is InChI=1S/C16H25FN2/c1-3-19-11-9-16(13(2)12-19)18-10-8-14-6-4-5-7-15(14)17/h4-7,13,16,18H,3,8-12H2,1-2H3. The molecule has 1 fully saturated rings. The molecule has 1 aliphatic rings. The number of piperidine rings is 1.